The number of anilines is 2. The van der Waals surface area contributed by atoms with Crippen molar-refractivity contribution in [1.82, 2.24) is 15.3 Å². The van der Waals surface area contributed by atoms with E-state index in [1.165, 1.54) is 0 Å². The average Bonchev–Trinajstić information content (AvgIpc) is 2.41. The summed E-state index contributed by atoms with van der Waals surface area (Å²) >= 11 is 0. The second-order valence-corrected chi connectivity index (χ2v) is 5.35. The van der Waals surface area contributed by atoms with Gasteiger partial charge in [-0.2, -0.15) is 4.98 Å². The quantitative estimate of drug-likeness (QED) is 0.766. The van der Waals surface area contributed by atoms with Crippen molar-refractivity contribution in [2.45, 2.75) is 47.1 Å². The van der Waals surface area contributed by atoms with Crippen molar-refractivity contribution in [1.29, 1.82) is 0 Å². The number of amides is 1. The van der Waals surface area contributed by atoms with Crippen molar-refractivity contribution >= 4 is 17.7 Å². The summed E-state index contributed by atoms with van der Waals surface area (Å²) in [5.41, 5.74) is 0.890. The molecule has 0 unspecified atom stereocenters. The van der Waals surface area contributed by atoms with Crippen LogP contribution in [0.4, 0.5) is 11.8 Å². The number of aryl methyl sites for hydroxylation is 1. The zero-order valence-electron chi connectivity index (χ0n) is 13.7. The molecule has 1 heterocycles. The largest absolute Gasteiger partial charge is 0.354 e. The molecule has 0 saturated heterocycles. The van der Waals surface area contributed by atoms with Crippen LogP contribution in [-0.4, -0.2) is 41.6 Å². The van der Waals surface area contributed by atoms with Crippen molar-refractivity contribution in [3.8, 4) is 0 Å². The molecule has 21 heavy (non-hydrogen) atoms. The third-order valence-corrected chi connectivity index (χ3v) is 2.86. The summed E-state index contributed by atoms with van der Waals surface area (Å²) in [5.74, 6) is 1.41. The lowest BCUT2D eigenvalue weighted by Gasteiger charge is -2.22. The normalized spacial score (nSPS) is 10.6. The number of hydrogen-bond donors (Lipinski definition) is 2. The minimum atomic E-state index is 0.00572. The predicted octanol–water partition coefficient (Wildman–Crippen LogP) is 1.96. The maximum atomic E-state index is 11.9. The monoisotopic (exact) mass is 293 g/mol. The van der Waals surface area contributed by atoms with Gasteiger partial charge >= 0.3 is 0 Å². The van der Waals surface area contributed by atoms with Gasteiger partial charge in [0.25, 0.3) is 0 Å². The van der Waals surface area contributed by atoms with Crippen molar-refractivity contribution in [3.63, 3.8) is 0 Å². The first kappa shape index (κ1) is 17.2. The molecule has 1 rings (SSSR count). The molecule has 0 spiro atoms. The summed E-state index contributed by atoms with van der Waals surface area (Å²) in [6.07, 6.45) is 1.01. The van der Waals surface area contributed by atoms with E-state index >= 15 is 0 Å². The van der Waals surface area contributed by atoms with Crippen LogP contribution in [0.2, 0.25) is 0 Å². The van der Waals surface area contributed by atoms with Gasteiger partial charge in [-0.25, -0.2) is 4.98 Å². The Bertz CT molecular complexity index is 461. The molecule has 1 aromatic rings. The van der Waals surface area contributed by atoms with Gasteiger partial charge in [0.15, 0.2) is 0 Å². The van der Waals surface area contributed by atoms with Crippen molar-refractivity contribution in [3.05, 3.63) is 11.8 Å². The molecule has 6 heteroatoms. The molecule has 1 amide bonds. The van der Waals surface area contributed by atoms with Crippen LogP contribution in [0.5, 0.6) is 0 Å². The molecule has 0 fully saturated rings. The maximum Gasteiger partial charge on any atom is 0.239 e. The highest BCUT2D eigenvalue weighted by Crippen LogP contribution is 2.14. The second kappa shape index (κ2) is 8.44. The lowest BCUT2D eigenvalue weighted by atomic mass is 10.3. The highest BCUT2D eigenvalue weighted by molar-refractivity contribution is 5.81. The summed E-state index contributed by atoms with van der Waals surface area (Å²) in [6, 6.07) is 2.05. The van der Waals surface area contributed by atoms with E-state index in [0.717, 1.165) is 31.0 Å². The van der Waals surface area contributed by atoms with Crippen LogP contribution in [0, 0.1) is 6.92 Å². The van der Waals surface area contributed by atoms with Crippen LogP contribution >= 0.6 is 0 Å². The van der Waals surface area contributed by atoms with Crippen LogP contribution in [0.25, 0.3) is 0 Å². The molecular weight excluding hydrogens is 266 g/mol. The summed E-state index contributed by atoms with van der Waals surface area (Å²) < 4.78 is 0. The lowest BCUT2D eigenvalue weighted by Crippen LogP contribution is -2.40. The van der Waals surface area contributed by atoms with E-state index in [4.69, 9.17) is 0 Å². The van der Waals surface area contributed by atoms with Crippen LogP contribution in [0.15, 0.2) is 6.07 Å². The first-order valence-corrected chi connectivity index (χ1v) is 7.60. The van der Waals surface area contributed by atoms with E-state index in [0.29, 0.717) is 12.5 Å². The molecule has 0 radical (unpaired) electrons. The van der Waals surface area contributed by atoms with Gasteiger partial charge in [0.05, 0.1) is 6.54 Å². The number of hydrogen-bond acceptors (Lipinski definition) is 5. The Morgan fingerprint density at radius 1 is 1.33 bits per heavy atom. The van der Waals surface area contributed by atoms with E-state index < -0.39 is 0 Å². The average molecular weight is 293 g/mol. The van der Waals surface area contributed by atoms with Crippen molar-refractivity contribution in [2.75, 3.05) is 29.9 Å². The fraction of sp³-hybridized carbons (Fsp3) is 0.667. The summed E-state index contributed by atoms with van der Waals surface area (Å²) in [7, 11) is 0. The molecule has 0 aliphatic heterocycles. The third-order valence-electron chi connectivity index (χ3n) is 2.86. The minimum Gasteiger partial charge on any atom is -0.354 e. The number of rotatable bonds is 8. The second-order valence-electron chi connectivity index (χ2n) is 5.35. The molecular formula is C15H27N5O. The molecule has 0 aliphatic rings. The predicted molar refractivity (Wildman–Crippen MR) is 86.7 cm³/mol. The van der Waals surface area contributed by atoms with Gasteiger partial charge in [0, 0.05) is 30.9 Å². The van der Waals surface area contributed by atoms with E-state index in [1.807, 2.05) is 38.7 Å². The Morgan fingerprint density at radius 2 is 2.05 bits per heavy atom. The number of nitrogens with one attached hydrogen (secondary N) is 2. The molecule has 0 saturated carbocycles. The van der Waals surface area contributed by atoms with E-state index in [-0.39, 0.29) is 11.9 Å². The summed E-state index contributed by atoms with van der Waals surface area (Å²) in [6.45, 7) is 11.8. The molecule has 0 aliphatic carbocycles. The van der Waals surface area contributed by atoms with Gasteiger partial charge < -0.3 is 15.5 Å². The number of nitrogens with zero attached hydrogens (tertiary/aromatic N) is 3. The molecule has 118 valence electrons. The van der Waals surface area contributed by atoms with Crippen LogP contribution in [-0.2, 0) is 4.79 Å². The fourth-order valence-corrected chi connectivity index (χ4v) is 1.93. The van der Waals surface area contributed by atoms with E-state index in [9.17, 15) is 4.79 Å². The van der Waals surface area contributed by atoms with Crippen molar-refractivity contribution < 1.29 is 4.79 Å². The SMILES string of the molecule is CCCNc1nc(C)cc(N(CC)CC(=O)NC(C)C)n1. The van der Waals surface area contributed by atoms with Gasteiger partial charge in [-0.1, -0.05) is 6.92 Å². The van der Waals surface area contributed by atoms with Gasteiger partial charge in [0.2, 0.25) is 11.9 Å². The summed E-state index contributed by atoms with van der Waals surface area (Å²) in [5, 5.41) is 6.09. The number of carbonyl (C=O) groups excluding carboxylic acids is 1. The molecule has 0 atom stereocenters. The van der Waals surface area contributed by atoms with Gasteiger partial charge in [-0.15, -0.1) is 0 Å². The molecule has 1 aromatic heterocycles. The van der Waals surface area contributed by atoms with Crippen molar-refractivity contribution in [2.24, 2.45) is 0 Å². The Hall–Kier alpha value is -1.85. The van der Waals surface area contributed by atoms with Gasteiger partial charge in [0.1, 0.15) is 5.82 Å². The Kier molecular flexibility index (Phi) is 6.91. The maximum absolute atomic E-state index is 11.9. The third kappa shape index (κ3) is 5.97. The zero-order valence-corrected chi connectivity index (χ0v) is 13.7. The lowest BCUT2D eigenvalue weighted by molar-refractivity contribution is -0.120. The van der Waals surface area contributed by atoms with Gasteiger partial charge in [-0.05, 0) is 34.1 Å². The topological polar surface area (TPSA) is 70.2 Å². The highest BCUT2D eigenvalue weighted by Gasteiger charge is 2.13. The first-order valence-electron chi connectivity index (χ1n) is 7.60. The smallest absolute Gasteiger partial charge is 0.239 e. The number of carbonyl (C=O) groups is 1. The highest BCUT2D eigenvalue weighted by atomic mass is 16.2. The van der Waals surface area contributed by atoms with Crippen LogP contribution in [0.1, 0.15) is 39.8 Å². The van der Waals surface area contributed by atoms with E-state index in [1.54, 1.807) is 0 Å². The molecule has 0 bridgehead atoms. The number of likely N-dealkylation sites (N-methyl/N-ethyl adjacent to an activating group) is 1. The molecule has 2 N–H and O–H groups in total. The Morgan fingerprint density at radius 3 is 2.62 bits per heavy atom. The Balaban J connectivity index is 2.84. The fourth-order valence-electron chi connectivity index (χ4n) is 1.93. The first-order chi connectivity index (χ1) is 9.96. The molecule has 0 aromatic carbocycles. The zero-order chi connectivity index (χ0) is 15.8. The summed E-state index contributed by atoms with van der Waals surface area (Å²) in [4.78, 5) is 22.7. The molecule has 6 nitrogen and oxygen atoms in total. The minimum absolute atomic E-state index is 0.00572. The number of aromatic nitrogens is 2. The van der Waals surface area contributed by atoms with E-state index in [2.05, 4.69) is 27.5 Å². The standard InChI is InChI=1S/C15H27N5O/c1-6-8-16-15-18-12(5)9-13(19-15)20(7-2)10-14(21)17-11(3)4/h9,11H,6-8,10H2,1-5H3,(H,17,21)(H,16,18,19). The van der Waals surface area contributed by atoms with Gasteiger partial charge in [-0.3, -0.25) is 4.79 Å². The van der Waals surface area contributed by atoms with Crippen LogP contribution in [0.3, 0.4) is 0 Å². The van der Waals surface area contributed by atoms with Crippen LogP contribution < -0.4 is 15.5 Å². The Labute approximate surface area is 127 Å².